The molecule has 8 heteroatoms. The number of benzene rings is 3. The van der Waals surface area contributed by atoms with Crippen LogP contribution in [0.4, 0.5) is 5.69 Å². The van der Waals surface area contributed by atoms with Crippen molar-refractivity contribution in [2.75, 3.05) is 52.4 Å². The van der Waals surface area contributed by atoms with Crippen molar-refractivity contribution < 1.29 is 23.8 Å². The Morgan fingerprint density at radius 2 is 1.68 bits per heavy atom. The second-order valence-electron chi connectivity index (χ2n) is 7.97. The number of amides is 2. The van der Waals surface area contributed by atoms with E-state index in [1.165, 1.54) is 14.2 Å². The smallest absolute Gasteiger partial charge is 0.313 e. The fraction of sp³-hybridized carbons (Fsp3) is 0.308. The van der Waals surface area contributed by atoms with E-state index >= 15 is 0 Å². The van der Waals surface area contributed by atoms with Crippen LogP contribution in [0.25, 0.3) is 10.8 Å². The molecule has 3 aromatic carbocycles. The second kappa shape index (κ2) is 11.0. The van der Waals surface area contributed by atoms with Crippen LogP contribution in [0.3, 0.4) is 0 Å². The Labute approximate surface area is 198 Å². The number of anilines is 1. The molecule has 1 heterocycles. The lowest BCUT2D eigenvalue weighted by Crippen LogP contribution is -2.45. The quantitative estimate of drug-likeness (QED) is 0.524. The number of rotatable bonds is 7. The van der Waals surface area contributed by atoms with E-state index in [-0.39, 0.29) is 6.04 Å². The highest BCUT2D eigenvalue weighted by Crippen LogP contribution is 2.30. The Balaban J connectivity index is 1.49. The first-order chi connectivity index (χ1) is 16.6. The van der Waals surface area contributed by atoms with Crippen LogP contribution in [0.2, 0.25) is 0 Å². The van der Waals surface area contributed by atoms with E-state index in [0.29, 0.717) is 36.9 Å². The van der Waals surface area contributed by atoms with E-state index in [2.05, 4.69) is 39.8 Å². The summed E-state index contributed by atoms with van der Waals surface area (Å²) in [5.74, 6) is -0.448. The average Bonchev–Trinajstić information content (AvgIpc) is 2.89. The molecule has 8 nitrogen and oxygen atoms in total. The zero-order valence-electron chi connectivity index (χ0n) is 19.4. The lowest BCUT2D eigenvalue weighted by molar-refractivity contribution is -0.136. The minimum Gasteiger partial charge on any atom is -0.493 e. The van der Waals surface area contributed by atoms with Gasteiger partial charge in [0.15, 0.2) is 11.5 Å². The second-order valence-corrected chi connectivity index (χ2v) is 7.97. The predicted octanol–water partition coefficient (Wildman–Crippen LogP) is 2.99. The maximum atomic E-state index is 12.7. The van der Waals surface area contributed by atoms with Crippen molar-refractivity contribution in [3.63, 3.8) is 0 Å². The summed E-state index contributed by atoms with van der Waals surface area (Å²) in [5.41, 5.74) is 1.55. The molecular weight excluding hydrogens is 434 g/mol. The van der Waals surface area contributed by atoms with Crippen LogP contribution in [0, 0.1) is 0 Å². The number of nitrogens with zero attached hydrogens (tertiary/aromatic N) is 1. The maximum absolute atomic E-state index is 12.7. The Morgan fingerprint density at radius 1 is 0.941 bits per heavy atom. The van der Waals surface area contributed by atoms with E-state index in [1.807, 2.05) is 18.2 Å². The molecule has 4 rings (SSSR count). The lowest BCUT2D eigenvalue weighted by atomic mass is 9.97. The number of ether oxygens (including phenoxy) is 3. The number of methoxy groups -OCH3 is 2. The van der Waals surface area contributed by atoms with Crippen LogP contribution in [-0.4, -0.2) is 63.8 Å². The van der Waals surface area contributed by atoms with Gasteiger partial charge in [0.25, 0.3) is 0 Å². The Bertz CT molecular complexity index is 1150. The number of carbonyl (C=O) groups is 2. The van der Waals surface area contributed by atoms with Gasteiger partial charge in [-0.25, -0.2) is 0 Å². The molecule has 2 N–H and O–H groups in total. The predicted molar refractivity (Wildman–Crippen MR) is 130 cm³/mol. The van der Waals surface area contributed by atoms with Crippen molar-refractivity contribution in [3.05, 3.63) is 66.2 Å². The van der Waals surface area contributed by atoms with Crippen molar-refractivity contribution in [1.82, 2.24) is 10.2 Å². The molecule has 34 heavy (non-hydrogen) atoms. The summed E-state index contributed by atoms with van der Waals surface area (Å²) in [4.78, 5) is 27.5. The third-order valence-corrected chi connectivity index (χ3v) is 5.97. The van der Waals surface area contributed by atoms with Crippen LogP contribution in [0.5, 0.6) is 11.5 Å². The fourth-order valence-electron chi connectivity index (χ4n) is 4.24. The fourth-order valence-corrected chi connectivity index (χ4v) is 4.24. The third kappa shape index (κ3) is 5.30. The van der Waals surface area contributed by atoms with Crippen LogP contribution in [-0.2, 0) is 14.3 Å². The number of carbonyl (C=O) groups excluding carboxylic acids is 2. The molecule has 1 saturated heterocycles. The summed E-state index contributed by atoms with van der Waals surface area (Å²) in [6, 6.07) is 19.2. The lowest BCUT2D eigenvalue weighted by Gasteiger charge is -2.35. The van der Waals surface area contributed by atoms with Gasteiger partial charge in [-0.15, -0.1) is 0 Å². The molecular formula is C26H29N3O5. The van der Waals surface area contributed by atoms with Crippen molar-refractivity contribution in [3.8, 4) is 11.5 Å². The summed E-state index contributed by atoms with van der Waals surface area (Å²) in [6.45, 7) is 3.07. The molecule has 1 aliphatic rings. The first-order valence-corrected chi connectivity index (χ1v) is 11.2. The van der Waals surface area contributed by atoms with Gasteiger partial charge in [-0.2, -0.15) is 0 Å². The topological polar surface area (TPSA) is 89.1 Å². The molecule has 0 spiro atoms. The maximum Gasteiger partial charge on any atom is 0.313 e. The van der Waals surface area contributed by atoms with Gasteiger partial charge in [0.1, 0.15) is 0 Å². The van der Waals surface area contributed by atoms with Crippen LogP contribution < -0.4 is 20.1 Å². The van der Waals surface area contributed by atoms with Crippen molar-refractivity contribution in [2.24, 2.45) is 0 Å². The SMILES string of the molecule is COc1ccc(NC(=O)C(=O)NCC(c2cccc3ccccc23)N2CCOCC2)cc1OC. The zero-order chi connectivity index (χ0) is 23.9. The highest BCUT2D eigenvalue weighted by atomic mass is 16.5. The Kier molecular flexibility index (Phi) is 7.61. The van der Waals surface area contributed by atoms with Crippen LogP contribution in [0.15, 0.2) is 60.7 Å². The highest BCUT2D eigenvalue weighted by Gasteiger charge is 2.26. The van der Waals surface area contributed by atoms with Crippen molar-refractivity contribution >= 4 is 28.3 Å². The molecule has 1 aliphatic heterocycles. The molecule has 3 aromatic rings. The summed E-state index contributed by atoms with van der Waals surface area (Å²) in [6.07, 6.45) is 0. The minimum absolute atomic E-state index is 0.0900. The Hall–Kier alpha value is -3.62. The zero-order valence-corrected chi connectivity index (χ0v) is 19.4. The van der Waals surface area contributed by atoms with Crippen molar-refractivity contribution in [1.29, 1.82) is 0 Å². The first kappa shape index (κ1) is 23.5. The molecule has 2 amide bonds. The molecule has 1 atom stereocenters. The van der Waals surface area contributed by atoms with Gasteiger partial charge in [0.05, 0.1) is 33.5 Å². The summed E-state index contributed by atoms with van der Waals surface area (Å²) in [5, 5.41) is 7.71. The van der Waals surface area contributed by atoms with Crippen LogP contribution >= 0.6 is 0 Å². The minimum atomic E-state index is -0.745. The number of fused-ring (bicyclic) bond motifs is 1. The van der Waals surface area contributed by atoms with Crippen molar-refractivity contribution in [2.45, 2.75) is 6.04 Å². The molecule has 178 valence electrons. The normalized spacial score (nSPS) is 14.9. The van der Waals surface area contributed by atoms with E-state index in [1.54, 1.807) is 18.2 Å². The summed E-state index contributed by atoms with van der Waals surface area (Å²) in [7, 11) is 3.04. The van der Waals surface area contributed by atoms with Gasteiger partial charge in [-0.1, -0.05) is 42.5 Å². The van der Waals surface area contributed by atoms with Gasteiger partial charge in [0.2, 0.25) is 0 Å². The van der Waals surface area contributed by atoms with Gasteiger partial charge < -0.3 is 24.8 Å². The number of nitrogens with one attached hydrogen (secondary N) is 2. The average molecular weight is 464 g/mol. The molecule has 1 fully saturated rings. The molecule has 1 unspecified atom stereocenters. The van der Waals surface area contributed by atoms with Gasteiger partial charge in [-0.3, -0.25) is 14.5 Å². The number of morpholine rings is 1. The van der Waals surface area contributed by atoms with Gasteiger partial charge >= 0.3 is 11.8 Å². The molecule has 0 saturated carbocycles. The molecule has 0 radical (unpaired) electrons. The highest BCUT2D eigenvalue weighted by molar-refractivity contribution is 6.39. The third-order valence-electron chi connectivity index (χ3n) is 5.97. The number of hydrogen-bond donors (Lipinski definition) is 2. The largest absolute Gasteiger partial charge is 0.493 e. The molecule has 0 bridgehead atoms. The Morgan fingerprint density at radius 3 is 2.44 bits per heavy atom. The van der Waals surface area contributed by atoms with Crippen LogP contribution in [0.1, 0.15) is 11.6 Å². The standard InChI is InChI=1S/C26H29N3O5/c1-32-23-11-10-19(16-24(23)33-2)28-26(31)25(30)27-17-22(29-12-14-34-15-13-29)21-9-5-7-18-6-3-4-8-20(18)21/h3-11,16,22H,12-15,17H2,1-2H3,(H,27,30)(H,28,31). The van der Waals surface area contributed by atoms with Gasteiger partial charge in [0, 0.05) is 31.4 Å². The molecule has 0 aliphatic carbocycles. The molecule has 0 aromatic heterocycles. The van der Waals surface area contributed by atoms with E-state index in [4.69, 9.17) is 14.2 Å². The first-order valence-electron chi connectivity index (χ1n) is 11.2. The van der Waals surface area contributed by atoms with E-state index in [9.17, 15) is 9.59 Å². The van der Waals surface area contributed by atoms with Gasteiger partial charge in [-0.05, 0) is 28.5 Å². The van der Waals surface area contributed by atoms with E-state index in [0.717, 1.165) is 29.4 Å². The number of hydrogen-bond acceptors (Lipinski definition) is 6. The monoisotopic (exact) mass is 463 g/mol. The van der Waals surface area contributed by atoms with E-state index < -0.39 is 11.8 Å². The summed E-state index contributed by atoms with van der Waals surface area (Å²) < 4.78 is 16.0. The summed E-state index contributed by atoms with van der Waals surface area (Å²) >= 11 is 0.